The summed E-state index contributed by atoms with van der Waals surface area (Å²) in [7, 11) is 1.82. The summed E-state index contributed by atoms with van der Waals surface area (Å²) in [5.41, 5.74) is 0.725. The van der Waals surface area contributed by atoms with Crippen LogP contribution >= 0.6 is 27.5 Å². The fraction of sp³-hybridized carbons (Fsp3) is 0.143. The molecule has 0 aliphatic carbocycles. The van der Waals surface area contributed by atoms with Crippen molar-refractivity contribution in [2.75, 3.05) is 7.05 Å². The summed E-state index contributed by atoms with van der Waals surface area (Å²) < 4.78 is 6.55. The smallest absolute Gasteiger partial charge is 0.313 e. The van der Waals surface area contributed by atoms with Crippen LogP contribution in [0.2, 0.25) is 5.02 Å². The topological polar surface area (TPSA) is 64.4 Å². The van der Waals surface area contributed by atoms with Crippen molar-refractivity contribution in [1.29, 1.82) is 0 Å². The SMILES string of the molecule is CNCc1ccc(Br)cc1Oc1ccc(Cl)cc1[N+](=O)[O-]. The van der Waals surface area contributed by atoms with Crippen LogP contribution in [0.3, 0.4) is 0 Å². The average molecular weight is 372 g/mol. The maximum absolute atomic E-state index is 11.1. The molecule has 5 nitrogen and oxygen atoms in total. The third kappa shape index (κ3) is 3.93. The molecule has 7 heteroatoms. The van der Waals surface area contributed by atoms with E-state index in [1.54, 1.807) is 12.1 Å². The quantitative estimate of drug-likeness (QED) is 0.620. The van der Waals surface area contributed by atoms with Gasteiger partial charge in [0.15, 0.2) is 0 Å². The van der Waals surface area contributed by atoms with Crippen molar-refractivity contribution >= 4 is 33.2 Å². The number of nitrogens with zero attached hydrogens (tertiary/aromatic N) is 1. The van der Waals surface area contributed by atoms with Crippen molar-refractivity contribution in [2.45, 2.75) is 6.54 Å². The molecule has 0 saturated carbocycles. The zero-order valence-corrected chi connectivity index (χ0v) is 13.4. The molecule has 0 spiro atoms. The molecule has 0 aliphatic heterocycles. The fourth-order valence-electron chi connectivity index (χ4n) is 1.80. The van der Waals surface area contributed by atoms with Gasteiger partial charge in [0.25, 0.3) is 0 Å². The van der Waals surface area contributed by atoms with Crippen LogP contribution in [-0.2, 0) is 6.54 Å². The van der Waals surface area contributed by atoms with E-state index in [2.05, 4.69) is 21.2 Å². The first-order valence-electron chi connectivity index (χ1n) is 6.06. The summed E-state index contributed by atoms with van der Waals surface area (Å²) in [6.07, 6.45) is 0. The van der Waals surface area contributed by atoms with Crippen LogP contribution in [0.5, 0.6) is 11.5 Å². The number of rotatable bonds is 5. The van der Waals surface area contributed by atoms with Crippen molar-refractivity contribution in [3.05, 3.63) is 61.6 Å². The van der Waals surface area contributed by atoms with Crippen LogP contribution in [0.25, 0.3) is 0 Å². The standard InChI is InChI=1S/C14H12BrClN2O3/c1-17-8-9-2-3-10(15)6-14(9)21-13-5-4-11(16)7-12(13)18(19)20/h2-7,17H,8H2,1H3. The fourth-order valence-corrected chi connectivity index (χ4v) is 2.30. The van der Waals surface area contributed by atoms with Gasteiger partial charge in [0, 0.05) is 27.7 Å². The lowest BCUT2D eigenvalue weighted by atomic mass is 10.2. The van der Waals surface area contributed by atoms with Crippen LogP contribution in [0.4, 0.5) is 5.69 Å². The first-order valence-corrected chi connectivity index (χ1v) is 7.23. The van der Waals surface area contributed by atoms with Gasteiger partial charge in [0.2, 0.25) is 5.75 Å². The maximum atomic E-state index is 11.1. The number of hydrogen-bond acceptors (Lipinski definition) is 4. The number of ether oxygens (including phenoxy) is 1. The van der Waals surface area contributed by atoms with Gasteiger partial charge in [-0.2, -0.15) is 0 Å². The molecular weight excluding hydrogens is 360 g/mol. The second-order valence-corrected chi connectivity index (χ2v) is 5.61. The van der Waals surface area contributed by atoms with E-state index in [-0.39, 0.29) is 11.4 Å². The summed E-state index contributed by atoms with van der Waals surface area (Å²) in [4.78, 5) is 10.6. The summed E-state index contributed by atoms with van der Waals surface area (Å²) in [5, 5.41) is 14.4. The van der Waals surface area contributed by atoms with Gasteiger partial charge in [-0.15, -0.1) is 0 Å². The monoisotopic (exact) mass is 370 g/mol. The molecule has 0 heterocycles. The molecule has 0 radical (unpaired) electrons. The Morgan fingerprint density at radius 1 is 1.29 bits per heavy atom. The van der Waals surface area contributed by atoms with Crippen LogP contribution in [0, 0.1) is 10.1 Å². The Balaban J connectivity index is 2.42. The largest absolute Gasteiger partial charge is 0.450 e. The number of hydrogen-bond donors (Lipinski definition) is 1. The number of halogens is 2. The lowest BCUT2D eigenvalue weighted by Crippen LogP contribution is -2.06. The molecule has 0 fully saturated rings. The predicted molar refractivity (Wildman–Crippen MR) is 85.1 cm³/mol. The molecule has 0 aliphatic rings. The van der Waals surface area contributed by atoms with Crippen molar-refractivity contribution in [1.82, 2.24) is 5.32 Å². The minimum atomic E-state index is -0.517. The van der Waals surface area contributed by atoms with Gasteiger partial charge < -0.3 is 10.1 Å². The van der Waals surface area contributed by atoms with Gasteiger partial charge in [0.05, 0.1) is 4.92 Å². The van der Waals surface area contributed by atoms with Crippen molar-refractivity contribution in [2.24, 2.45) is 0 Å². The Bertz CT molecular complexity index is 679. The minimum absolute atomic E-state index is 0.153. The zero-order chi connectivity index (χ0) is 15.4. The van der Waals surface area contributed by atoms with Gasteiger partial charge in [-0.05, 0) is 31.3 Å². The molecule has 0 unspecified atom stereocenters. The van der Waals surface area contributed by atoms with Crippen LogP contribution in [0.15, 0.2) is 40.9 Å². The van der Waals surface area contributed by atoms with E-state index in [9.17, 15) is 10.1 Å². The summed E-state index contributed by atoms with van der Waals surface area (Å²) in [5.74, 6) is 0.698. The normalized spacial score (nSPS) is 10.4. The molecular formula is C14H12BrClN2O3. The molecule has 21 heavy (non-hydrogen) atoms. The van der Waals surface area contributed by atoms with Gasteiger partial charge >= 0.3 is 5.69 Å². The van der Waals surface area contributed by atoms with Crippen LogP contribution < -0.4 is 10.1 Å². The van der Waals surface area contributed by atoms with Crippen molar-refractivity contribution < 1.29 is 9.66 Å². The number of nitro benzene ring substituents is 1. The van der Waals surface area contributed by atoms with Gasteiger partial charge in [-0.3, -0.25) is 10.1 Å². The second kappa shape index (κ2) is 6.89. The highest BCUT2D eigenvalue weighted by Crippen LogP contribution is 2.35. The highest BCUT2D eigenvalue weighted by atomic mass is 79.9. The highest BCUT2D eigenvalue weighted by Gasteiger charge is 2.17. The lowest BCUT2D eigenvalue weighted by Gasteiger charge is -2.12. The molecule has 1 N–H and O–H groups in total. The molecule has 2 aromatic carbocycles. The maximum Gasteiger partial charge on any atom is 0.313 e. The van der Waals surface area contributed by atoms with E-state index in [0.717, 1.165) is 10.0 Å². The molecule has 0 bridgehead atoms. The Morgan fingerprint density at radius 3 is 2.71 bits per heavy atom. The number of nitrogens with one attached hydrogen (secondary N) is 1. The summed E-state index contributed by atoms with van der Waals surface area (Å²) in [6, 6.07) is 9.86. The van der Waals surface area contributed by atoms with Gasteiger partial charge in [-0.1, -0.05) is 33.6 Å². The van der Waals surface area contributed by atoms with E-state index in [4.69, 9.17) is 16.3 Å². The number of benzene rings is 2. The van der Waals surface area contributed by atoms with Gasteiger partial charge in [-0.25, -0.2) is 0 Å². The summed E-state index contributed by atoms with van der Waals surface area (Å²) >= 11 is 9.16. The Kier molecular flexibility index (Phi) is 5.17. The Hall–Kier alpha value is -1.63. The van der Waals surface area contributed by atoms with E-state index in [1.165, 1.54) is 12.1 Å². The van der Waals surface area contributed by atoms with E-state index >= 15 is 0 Å². The van der Waals surface area contributed by atoms with Crippen molar-refractivity contribution in [3.63, 3.8) is 0 Å². The third-order valence-electron chi connectivity index (χ3n) is 2.73. The molecule has 0 amide bonds. The van der Waals surface area contributed by atoms with Crippen LogP contribution in [-0.4, -0.2) is 12.0 Å². The zero-order valence-electron chi connectivity index (χ0n) is 11.1. The average Bonchev–Trinajstić information content (AvgIpc) is 2.43. The second-order valence-electron chi connectivity index (χ2n) is 4.25. The summed E-state index contributed by atoms with van der Waals surface area (Å²) in [6.45, 7) is 0.587. The molecule has 2 rings (SSSR count). The first kappa shape index (κ1) is 15.8. The third-order valence-corrected chi connectivity index (χ3v) is 3.46. The molecule has 0 atom stereocenters. The highest BCUT2D eigenvalue weighted by molar-refractivity contribution is 9.10. The minimum Gasteiger partial charge on any atom is -0.450 e. The van der Waals surface area contributed by atoms with Gasteiger partial charge in [0.1, 0.15) is 5.75 Å². The Labute approximate surface area is 135 Å². The molecule has 0 saturated heterocycles. The Morgan fingerprint density at radius 2 is 2.05 bits per heavy atom. The van der Waals surface area contributed by atoms with E-state index in [1.807, 2.05) is 19.2 Å². The predicted octanol–water partition coefficient (Wildman–Crippen LogP) is 4.52. The van der Waals surface area contributed by atoms with Crippen molar-refractivity contribution in [3.8, 4) is 11.5 Å². The first-order chi connectivity index (χ1) is 10.0. The van der Waals surface area contributed by atoms with E-state index in [0.29, 0.717) is 17.3 Å². The van der Waals surface area contributed by atoms with E-state index < -0.39 is 4.92 Å². The van der Waals surface area contributed by atoms with Crippen LogP contribution in [0.1, 0.15) is 5.56 Å². The molecule has 110 valence electrons. The lowest BCUT2D eigenvalue weighted by molar-refractivity contribution is -0.385. The molecule has 2 aromatic rings. The molecule has 0 aromatic heterocycles. The number of nitro groups is 1.